The van der Waals surface area contributed by atoms with Crippen molar-refractivity contribution < 1.29 is 4.79 Å². The summed E-state index contributed by atoms with van der Waals surface area (Å²) in [6, 6.07) is 13.4. The summed E-state index contributed by atoms with van der Waals surface area (Å²) in [5, 5.41) is 11.1. The first-order chi connectivity index (χ1) is 13.3. The summed E-state index contributed by atoms with van der Waals surface area (Å²) < 4.78 is 1.55. The van der Waals surface area contributed by atoms with E-state index in [1.807, 2.05) is 47.5 Å². The first kappa shape index (κ1) is 17.3. The van der Waals surface area contributed by atoms with E-state index in [4.69, 9.17) is 0 Å². The van der Waals surface area contributed by atoms with E-state index in [1.165, 1.54) is 6.33 Å². The van der Waals surface area contributed by atoms with Crippen molar-refractivity contribution >= 4 is 5.91 Å². The molecule has 1 aliphatic heterocycles. The summed E-state index contributed by atoms with van der Waals surface area (Å²) in [5.74, 6) is 0.0503. The van der Waals surface area contributed by atoms with Crippen LogP contribution in [-0.4, -0.2) is 73.6 Å². The number of pyridine rings is 1. The maximum atomic E-state index is 12.8. The fraction of sp³-hybridized carbons (Fsp3) is 0.316. The normalized spacial score (nSPS) is 15.0. The van der Waals surface area contributed by atoms with Gasteiger partial charge in [0.2, 0.25) is 0 Å². The summed E-state index contributed by atoms with van der Waals surface area (Å²) >= 11 is 0. The van der Waals surface area contributed by atoms with Crippen LogP contribution in [0.1, 0.15) is 16.1 Å². The molecule has 1 saturated heterocycles. The third-order valence-electron chi connectivity index (χ3n) is 4.78. The third kappa shape index (κ3) is 4.17. The molecule has 1 fully saturated rings. The Bertz CT molecular complexity index is 874. The smallest absolute Gasteiger partial charge is 0.254 e. The molecule has 3 heterocycles. The van der Waals surface area contributed by atoms with Crippen LogP contribution in [0, 0.1) is 0 Å². The minimum Gasteiger partial charge on any atom is -0.336 e. The molecule has 2 aromatic heterocycles. The quantitative estimate of drug-likeness (QED) is 0.674. The fourth-order valence-corrected chi connectivity index (χ4v) is 3.24. The van der Waals surface area contributed by atoms with Crippen molar-refractivity contribution in [1.29, 1.82) is 0 Å². The third-order valence-corrected chi connectivity index (χ3v) is 4.78. The number of benzene rings is 1. The molecule has 0 spiro atoms. The number of hydrogen-bond donors (Lipinski definition) is 0. The van der Waals surface area contributed by atoms with Gasteiger partial charge >= 0.3 is 0 Å². The second-order valence-corrected chi connectivity index (χ2v) is 6.51. The van der Waals surface area contributed by atoms with E-state index in [0.29, 0.717) is 5.56 Å². The molecule has 0 unspecified atom stereocenters. The first-order valence-electron chi connectivity index (χ1n) is 9.04. The van der Waals surface area contributed by atoms with Gasteiger partial charge in [-0.3, -0.25) is 14.7 Å². The summed E-state index contributed by atoms with van der Waals surface area (Å²) in [6.45, 7) is 4.19. The number of piperazine rings is 1. The van der Waals surface area contributed by atoms with Gasteiger partial charge in [-0.2, -0.15) is 0 Å². The highest BCUT2D eigenvalue weighted by Crippen LogP contribution is 2.13. The van der Waals surface area contributed by atoms with Crippen LogP contribution in [0.3, 0.4) is 0 Å². The van der Waals surface area contributed by atoms with E-state index in [-0.39, 0.29) is 5.91 Å². The Labute approximate surface area is 157 Å². The highest BCUT2D eigenvalue weighted by Gasteiger charge is 2.22. The SMILES string of the molecule is O=C(c1cccc(-n2cnnn2)c1)N1CCN(CCc2ccccn2)CC1. The van der Waals surface area contributed by atoms with Crippen LogP contribution >= 0.6 is 0 Å². The molecule has 0 radical (unpaired) electrons. The molecule has 1 amide bonds. The zero-order valence-electron chi connectivity index (χ0n) is 15.0. The van der Waals surface area contributed by atoms with Crippen molar-refractivity contribution in [2.45, 2.75) is 6.42 Å². The van der Waals surface area contributed by atoms with E-state index in [9.17, 15) is 4.79 Å². The molecule has 3 aromatic rings. The lowest BCUT2D eigenvalue weighted by Crippen LogP contribution is -2.49. The molecule has 1 aliphatic rings. The van der Waals surface area contributed by atoms with E-state index in [2.05, 4.69) is 31.5 Å². The van der Waals surface area contributed by atoms with Gasteiger partial charge in [-0.15, -0.1) is 5.10 Å². The predicted molar refractivity (Wildman–Crippen MR) is 99.4 cm³/mol. The van der Waals surface area contributed by atoms with Crippen LogP contribution in [0.15, 0.2) is 55.0 Å². The minimum atomic E-state index is 0.0503. The highest BCUT2D eigenvalue weighted by atomic mass is 16.2. The van der Waals surface area contributed by atoms with Crippen molar-refractivity contribution in [3.63, 3.8) is 0 Å². The van der Waals surface area contributed by atoms with Crippen LogP contribution < -0.4 is 0 Å². The van der Waals surface area contributed by atoms with E-state index >= 15 is 0 Å². The van der Waals surface area contributed by atoms with Gasteiger partial charge in [-0.05, 0) is 40.8 Å². The molecule has 27 heavy (non-hydrogen) atoms. The second kappa shape index (κ2) is 8.05. The average Bonchev–Trinajstić information content (AvgIpc) is 3.28. The Morgan fingerprint density at radius 1 is 1.04 bits per heavy atom. The Morgan fingerprint density at radius 2 is 1.93 bits per heavy atom. The summed E-state index contributed by atoms with van der Waals surface area (Å²) in [6.07, 6.45) is 4.28. The van der Waals surface area contributed by atoms with E-state index in [0.717, 1.165) is 50.5 Å². The van der Waals surface area contributed by atoms with Gasteiger partial charge in [-0.25, -0.2) is 4.68 Å². The van der Waals surface area contributed by atoms with Crippen LogP contribution in [0.25, 0.3) is 5.69 Å². The van der Waals surface area contributed by atoms with Gasteiger partial charge in [0.15, 0.2) is 0 Å². The summed E-state index contributed by atoms with van der Waals surface area (Å²) in [4.78, 5) is 21.5. The second-order valence-electron chi connectivity index (χ2n) is 6.51. The Hall–Kier alpha value is -3.13. The fourth-order valence-electron chi connectivity index (χ4n) is 3.24. The van der Waals surface area contributed by atoms with Crippen molar-refractivity contribution in [2.24, 2.45) is 0 Å². The molecule has 138 valence electrons. The summed E-state index contributed by atoms with van der Waals surface area (Å²) in [7, 11) is 0. The number of aromatic nitrogens is 5. The van der Waals surface area contributed by atoms with E-state index in [1.54, 1.807) is 4.68 Å². The van der Waals surface area contributed by atoms with Crippen LogP contribution in [0.2, 0.25) is 0 Å². The van der Waals surface area contributed by atoms with Gasteiger partial charge in [0.25, 0.3) is 5.91 Å². The van der Waals surface area contributed by atoms with Gasteiger partial charge in [0.05, 0.1) is 5.69 Å². The Balaban J connectivity index is 1.33. The molecule has 8 heteroatoms. The lowest BCUT2D eigenvalue weighted by Gasteiger charge is -2.34. The standard InChI is InChI=1S/C19H21N7O/c27-19(16-4-3-6-18(14-16)26-15-21-22-23-26)25-12-10-24(11-13-25)9-7-17-5-1-2-8-20-17/h1-6,8,14-15H,7,9-13H2. The molecule has 1 aromatic carbocycles. The maximum Gasteiger partial charge on any atom is 0.254 e. The van der Waals surface area contributed by atoms with Crippen LogP contribution in [0.4, 0.5) is 0 Å². The largest absolute Gasteiger partial charge is 0.336 e. The number of rotatable bonds is 5. The minimum absolute atomic E-state index is 0.0503. The topological polar surface area (TPSA) is 80.0 Å². The van der Waals surface area contributed by atoms with Crippen molar-refractivity contribution in [3.05, 3.63) is 66.2 Å². The van der Waals surface area contributed by atoms with Crippen LogP contribution in [-0.2, 0) is 6.42 Å². The van der Waals surface area contributed by atoms with Gasteiger partial charge in [-0.1, -0.05) is 12.1 Å². The van der Waals surface area contributed by atoms with Crippen LogP contribution in [0.5, 0.6) is 0 Å². The number of carbonyl (C=O) groups is 1. The highest BCUT2D eigenvalue weighted by molar-refractivity contribution is 5.94. The average molecular weight is 363 g/mol. The Morgan fingerprint density at radius 3 is 2.67 bits per heavy atom. The van der Waals surface area contributed by atoms with Gasteiger partial charge in [0.1, 0.15) is 6.33 Å². The van der Waals surface area contributed by atoms with Crippen molar-refractivity contribution in [2.75, 3.05) is 32.7 Å². The molecule has 0 saturated carbocycles. The summed E-state index contributed by atoms with van der Waals surface area (Å²) in [5.41, 5.74) is 2.54. The molecule has 0 aliphatic carbocycles. The van der Waals surface area contributed by atoms with Crippen molar-refractivity contribution in [3.8, 4) is 5.69 Å². The number of tetrazole rings is 1. The predicted octanol–water partition coefficient (Wildman–Crippen LogP) is 1.06. The molecular weight excluding hydrogens is 342 g/mol. The molecule has 0 N–H and O–H groups in total. The van der Waals surface area contributed by atoms with Gasteiger partial charge < -0.3 is 4.90 Å². The Kier molecular flexibility index (Phi) is 5.15. The number of amides is 1. The number of nitrogens with zero attached hydrogens (tertiary/aromatic N) is 7. The lowest BCUT2D eigenvalue weighted by atomic mass is 10.1. The maximum absolute atomic E-state index is 12.8. The van der Waals surface area contributed by atoms with E-state index < -0.39 is 0 Å². The van der Waals surface area contributed by atoms with Gasteiger partial charge in [0, 0.05) is 56.6 Å². The molecule has 4 rings (SSSR count). The zero-order valence-corrected chi connectivity index (χ0v) is 15.0. The zero-order chi connectivity index (χ0) is 18.5. The molecule has 0 atom stereocenters. The number of hydrogen-bond acceptors (Lipinski definition) is 6. The molecular formula is C19H21N7O. The molecule has 8 nitrogen and oxygen atoms in total. The lowest BCUT2D eigenvalue weighted by molar-refractivity contribution is 0.0638. The molecule has 0 bridgehead atoms. The first-order valence-corrected chi connectivity index (χ1v) is 9.04. The monoisotopic (exact) mass is 363 g/mol. The number of carbonyl (C=O) groups excluding carboxylic acids is 1. The van der Waals surface area contributed by atoms with Crippen molar-refractivity contribution in [1.82, 2.24) is 35.0 Å².